The van der Waals surface area contributed by atoms with Gasteiger partial charge in [0, 0.05) is 17.9 Å². The van der Waals surface area contributed by atoms with Crippen molar-refractivity contribution in [3.05, 3.63) is 23.8 Å². The monoisotopic (exact) mass is 250 g/mol. The lowest BCUT2D eigenvalue weighted by Crippen LogP contribution is -2.08. The van der Waals surface area contributed by atoms with Gasteiger partial charge in [-0.1, -0.05) is 6.92 Å². The molecule has 1 rings (SSSR count). The van der Waals surface area contributed by atoms with Gasteiger partial charge in [0.05, 0.1) is 18.4 Å². The molecule has 0 spiro atoms. The van der Waals surface area contributed by atoms with E-state index >= 15 is 0 Å². The Morgan fingerprint density at radius 2 is 2.29 bits per heavy atom. The van der Waals surface area contributed by atoms with Gasteiger partial charge in [-0.15, -0.1) is 0 Å². The van der Waals surface area contributed by atoms with Crippen LogP contribution in [-0.2, 0) is 0 Å². The zero-order chi connectivity index (χ0) is 12.7. The van der Waals surface area contributed by atoms with E-state index in [4.69, 9.17) is 10.00 Å². The van der Waals surface area contributed by atoms with Crippen molar-refractivity contribution in [1.29, 1.82) is 5.26 Å². The number of hydrogen-bond donors (Lipinski definition) is 1. The summed E-state index contributed by atoms with van der Waals surface area (Å²) in [4.78, 5) is 0. The highest BCUT2D eigenvalue weighted by Crippen LogP contribution is 2.22. The summed E-state index contributed by atoms with van der Waals surface area (Å²) >= 11 is 1.85. The van der Waals surface area contributed by atoms with Crippen LogP contribution in [0.3, 0.4) is 0 Å². The zero-order valence-electron chi connectivity index (χ0n) is 10.5. The number of methoxy groups -OCH3 is 1. The second kappa shape index (κ2) is 7.08. The Balaban J connectivity index is 2.65. The molecular weight excluding hydrogens is 232 g/mol. The van der Waals surface area contributed by atoms with Crippen LogP contribution in [0.25, 0.3) is 0 Å². The molecule has 0 saturated heterocycles. The predicted octanol–water partition coefficient (Wildman–Crippen LogP) is 3.12. The molecule has 0 fully saturated rings. The lowest BCUT2D eigenvalue weighted by atomic mass is 10.2. The number of thioether (sulfide) groups is 1. The third-order valence-electron chi connectivity index (χ3n) is 2.62. The highest BCUT2D eigenvalue weighted by atomic mass is 32.2. The molecule has 4 heteroatoms. The van der Waals surface area contributed by atoms with Crippen LogP contribution < -0.4 is 10.1 Å². The maximum atomic E-state index is 9.00. The highest BCUT2D eigenvalue weighted by molar-refractivity contribution is 7.99. The van der Waals surface area contributed by atoms with Gasteiger partial charge < -0.3 is 10.1 Å². The third-order valence-corrected chi connectivity index (χ3v) is 3.66. The first-order valence-electron chi connectivity index (χ1n) is 5.56. The van der Waals surface area contributed by atoms with Crippen molar-refractivity contribution in [1.82, 2.24) is 0 Å². The molecule has 17 heavy (non-hydrogen) atoms. The second-order valence-corrected chi connectivity index (χ2v) is 5.06. The highest BCUT2D eigenvalue weighted by Gasteiger charge is 2.04. The van der Waals surface area contributed by atoms with Gasteiger partial charge in [0.1, 0.15) is 11.8 Å². The fraction of sp³-hybridized carbons (Fsp3) is 0.462. The van der Waals surface area contributed by atoms with Gasteiger partial charge in [-0.05, 0) is 24.8 Å². The second-order valence-electron chi connectivity index (χ2n) is 3.79. The molecule has 1 unspecified atom stereocenters. The normalized spacial score (nSPS) is 11.6. The molecule has 1 aromatic carbocycles. The van der Waals surface area contributed by atoms with Crippen LogP contribution >= 0.6 is 11.8 Å². The molecule has 0 aliphatic rings. The summed E-state index contributed by atoms with van der Waals surface area (Å²) in [5, 5.41) is 12.9. The van der Waals surface area contributed by atoms with Crippen LogP contribution in [0.4, 0.5) is 5.69 Å². The van der Waals surface area contributed by atoms with E-state index in [0.717, 1.165) is 24.4 Å². The quantitative estimate of drug-likeness (QED) is 0.842. The number of nitriles is 1. The molecule has 0 bridgehead atoms. The Kier molecular flexibility index (Phi) is 5.71. The summed E-state index contributed by atoms with van der Waals surface area (Å²) in [5.74, 6) is 0.768. The third kappa shape index (κ3) is 4.20. The fourth-order valence-electron chi connectivity index (χ4n) is 1.42. The minimum Gasteiger partial charge on any atom is -0.497 e. The molecule has 0 radical (unpaired) electrons. The number of hydrogen-bond acceptors (Lipinski definition) is 4. The Bertz CT molecular complexity index is 401. The lowest BCUT2D eigenvalue weighted by molar-refractivity contribution is 0.415. The molecular formula is C13H18N2OS. The predicted molar refractivity (Wildman–Crippen MR) is 73.8 cm³/mol. The van der Waals surface area contributed by atoms with Crippen molar-refractivity contribution in [3.63, 3.8) is 0 Å². The van der Waals surface area contributed by atoms with Crippen molar-refractivity contribution in [2.24, 2.45) is 0 Å². The van der Waals surface area contributed by atoms with Crippen molar-refractivity contribution in [2.45, 2.75) is 18.6 Å². The Morgan fingerprint density at radius 1 is 1.53 bits per heavy atom. The topological polar surface area (TPSA) is 45.0 Å². The van der Waals surface area contributed by atoms with Gasteiger partial charge in [-0.25, -0.2) is 0 Å². The molecule has 0 saturated carbocycles. The summed E-state index contributed by atoms with van der Waals surface area (Å²) in [6, 6.07) is 7.62. The number of benzene rings is 1. The van der Waals surface area contributed by atoms with E-state index in [0.29, 0.717) is 10.8 Å². The number of anilines is 1. The molecule has 0 aliphatic heterocycles. The molecule has 1 N–H and O–H groups in total. The fourth-order valence-corrected chi connectivity index (χ4v) is 1.78. The molecule has 0 heterocycles. The first kappa shape index (κ1) is 13.7. The average Bonchev–Trinajstić information content (AvgIpc) is 2.38. The number of nitrogens with zero attached hydrogens (tertiary/aromatic N) is 1. The van der Waals surface area contributed by atoms with E-state index in [1.807, 2.05) is 17.8 Å². The van der Waals surface area contributed by atoms with Crippen molar-refractivity contribution in [2.75, 3.05) is 25.2 Å². The summed E-state index contributed by atoms with van der Waals surface area (Å²) in [7, 11) is 1.63. The molecule has 0 aromatic heterocycles. The van der Waals surface area contributed by atoms with E-state index in [1.165, 1.54) is 0 Å². The maximum absolute atomic E-state index is 9.00. The van der Waals surface area contributed by atoms with E-state index < -0.39 is 0 Å². The maximum Gasteiger partial charge on any atom is 0.121 e. The number of rotatable bonds is 6. The number of ether oxygens (including phenoxy) is 1. The standard InChI is InChI=1S/C13H18N2OS/c1-10(17-3)6-7-15-13-8-12(16-2)5-4-11(13)9-14/h4-5,8,10,15H,6-7H2,1-3H3. The summed E-state index contributed by atoms with van der Waals surface area (Å²) in [6.07, 6.45) is 3.18. The van der Waals surface area contributed by atoms with Crippen molar-refractivity contribution >= 4 is 17.4 Å². The lowest BCUT2D eigenvalue weighted by Gasteiger charge is -2.12. The van der Waals surface area contributed by atoms with E-state index in [2.05, 4.69) is 24.6 Å². The van der Waals surface area contributed by atoms with Crippen LogP contribution in [-0.4, -0.2) is 25.2 Å². The molecule has 1 atom stereocenters. The average molecular weight is 250 g/mol. The SMILES string of the molecule is COc1ccc(C#N)c(NCCC(C)SC)c1. The Labute approximate surface area is 107 Å². The minimum absolute atomic E-state index is 0.624. The zero-order valence-corrected chi connectivity index (χ0v) is 11.3. The molecule has 3 nitrogen and oxygen atoms in total. The number of nitrogens with one attached hydrogen (secondary N) is 1. The van der Waals surface area contributed by atoms with Gasteiger partial charge in [-0.3, -0.25) is 0 Å². The van der Waals surface area contributed by atoms with Crippen LogP contribution in [0.15, 0.2) is 18.2 Å². The first-order valence-corrected chi connectivity index (χ1v) is 6.85. The Morgan fingerprint density at radius 3 is 2.88 bits per heavy atom. The van der Waals surface area contributed by atoms with E-state index in [1.54, 1.807) is 19.2 Å². The molecule has 0 aliphatic carbocycles. The molecule has 92 valence electrons. The van der Waals surface area contributed by atoms with E-state index in [9.17, 15) is 0 Å². The van der Waals surface area contributed by atoms with Gasteiger partial charge in [-0.2, -0.15) is 17.0 Å². The van der Waals surface area contributed by atoms with Gasteiger partial charge in [0.15, 0.2) is 0 Å². The molecule has 0 amide bonds. The van der Waals surface area contributed by atoms with Crippen molar-refractivity contribution < 1.29 is 4.74 Å². The van der Waals surface area contributed by atoms with Crippen LogP contribution in [0.1, 0.15) is 18.9 Å². The first-order chi connectivity index (χ1) is 8.21. The van der Waals surface area contributed by atoms with Gasteiger partial charge in [0.2, 0.25) is 0 Å². The molecule has 1 aromatic rings. The Hall–Kier alpha value is -1.34. The smallest absolute Gasteiger partial charge is 0.121 e. The van der Waals surface area contributed by atoms with Gasteiger partial charge >= 0.3 is 0 Å². The minimum atomic E-state index is 0.624. The van der Waals surface area contributed by atoms with Crippen LogP contribution in [0.5, 0.6) is 5.75 Å². The summed E-state index contributed by atoms with van der Waals surface area (Å²) < 4.78 is 5.15. The van der Waals surface area contributed by atoms with E-state index in [-0.39, 0.29) is 0 Å². The largest absolute Gasteiger partial charge is 0.497 e. The summed E-state index contributed by atoms with van der Waals surface area (Å²) in [6.45, 7) is 3.06. The van der Waals surface area contributed by atoms with Crippen LogP contribution in [0, 0.1) is 11.3 Å². The van der Waals surface area contributed by atoms with Crippen LogP contribution in [0.2, 0.25) is 0 Å². The summed E-state index contributed by atoms with van der Waals surface area (Å²) in [5.41, 5.74) is 1.50. The van der Waals surface area contributed by atoms with Gasteiger partial charge in [0.25, 0.3) is 0 Å². The van der Waals surface area contributed by atoms with Crippen molar-refractivity contribution in [3.8, 4) is 11.8 Å².